The maximum Gasteiger partial charge on any atom is 0.172 e. The summed E-state index contributed by atoms with van der Waals surface area (Å²) < 4.78 is 10.5. The maximum atomic E-state index is 5.29. The van der Waals surface area contributed by atoms with Gasteiger partial charge in [0.15, 0.2) is 5.82 Å². The molecule has 2 atom stereocenters. The quantitative estimate of drug-likeness (QED) is 0.791. The second-order valence-corrected chi connectivity index (χ2v) is 8.00. The Morgan fingerprint density at radius 3 is 2.22 bits per heavy atom. The zero-order chi connectivity index (χ0) is 19.0. The van der Waals surface area contributed by atoms with Crippen molar-refractivity contribution in [2.45, 2.75) is 32.5 Å². The zero-order valence-corrected chi connectivity index (χ0v) is 16.8. The smallest absolute Gasteiger partial charge is 0.172 e. The highest BCUT2D eigenvalue weighted by atomic mass is 16.5. The van der Waals surface area contributed by atoms with Gasteiger partial charge >= 0.3 is 0 Å². The number of rotatable bonds is 4. The molecule has 0 N–H and O–H groups in total. The molecule has 0 amide bonds. The fraction of sp³-hybridized carbons (Fsp3) is 0.684. The molecule has 4 rings (SSSR count). The number of likely N-dealkylation sites (N-methyl/N-ethyl adjacent to an activating group) is 2. The lowest BCUT2D eigenvalue weighted by molar-refractivity contribution is 0.0295. The van der Waals surface area contributed by atoms with E-state index < -0.39 is 0 Å². The summed E-state index contributed by atoms with van der Waals surface area (Å²) in [6.45, 7) is 10.9. The zero-order valence-electron chi connectivity index (χ0n) is 16.8. The highest BCUT2D eigenvalue weighted by molar-refractivity contribution is 5.39. The van der Waals surface area contributed by atoms with Gasteiger partial charge in [-0.1, -0.05) is 10.3 Å². The molecular formula is C19H30N6O2. The van der Waals surface area contributed by atoms with E-state index >= 15 is 0 Å². The Morgan fingerprint density at radius 1 is 0.889 bits per heavy atom. The lowest BCUT2D eigenvalue weighted by Gasteiger charge is -2.49. The van der Waals surface area contributed by atoms with Crippen LogP contribution in [0.4, 0.5) is 5.82 Å². The standard InChI is InChI=1S/C19H30N6O2/c1-14-9-16(20-26-14)11-24-7-5-22(3)17(12-24)18-13-25(8-6-23(18)4)19-10-15(2)27-21-19/h9-10,17-18H,5-8,11-13H2,1-4H3. The molecule has 0 radical (unpaired) electrons. The van der Waals surface area contributed by atoms with E-state index in [0.717, 1.165) is 68.8 Å². The highest BCUT2D eigenvalue weighted by Crippen LogP contribution is 2.23. The van der Waals surface area contributed by atoms with E-state index in [1.807, 2.05) is 26.0 Å². The van der Waals surface area contributed by atoms with Crippen LogP contribution in [0.1, 0.15) is 17.2 Å². The number of aryl methyl sites for hydroxylation is 2. The number of anilines is 1. The summed E-state index contributed by atoms with van der Waals surface area (Å²) in [6, 6.07) is 4.98. The van der Waals surface area contributed by atoms with E-state index in [0.29, 0.717) is 12.1 Å². The molecule has 2 aromatic rings. The first kappa shape index (κ1) is 18.5. The van der Waals surface area contributed by atoms with Crippen molar-refractivity contribution in [2.75, 3.05) is 58.3 Å². The molecule has 0 bridgehead atoms. The molecule has 0 aliphatic carbocycles. The Hall–Kier alpha value is -1.90. The van der Waals surface area contributed by atoms with Crippen LogP contribution in [0.2, 0.25) is 0 Å². The summed E-state index contributed by atoms with van der Waals surface area (Å²) in [5, 5.41) is 8.39. The Bertz CT molecular complexity index is 759. The first-order valence-corrected chi connectivity index (χ1v) is 9.73. The van der Waals surface area contributed by atoms with Crippen molar-refractivity contribution < 1.29 is 9.05 Å². The third-order valence-electron chi connectivity index (χ3n) is 5.92. The van der Waals surface area contributed by atoms with Gasteiger partial charge in [0.05, 0.1) is 5.69 Å². The second-order valence-electron chi connectivity index (χ2n) is 8.00. The van der Waals surface area contributed by atoms with E-state index in [4.69, 9.17) is 9.05 Å². The minimum absolute atomic E-state index is 0.447. The summed E-state index contributed by atoms with van der Waals surface area (Å²) in [5.41, 5.74) is 1.02. The minimum atomic E-state index is 0.447. The Balaban J connectivity index is 1.45. The fourth-order valence-electron chi connectivity index (χ4n) is 4.27. The van der Waals surface area contributed by atoms with Crippen molar-refractivity contribution >= 4 is 5.82 Å². The van der Waals surface area contributed by atoms with Gasteiger partial charge in [-0.05, 0) is 27.9 Å². The second kappa shape index (κ2) is 7.61. The lowest BCUT2D eigenvalue weighted by atomic mass is 9.99. The van der Waals surface area contributed by atoms with Gasteiger partial charge in [0.25, 0.3) is 0 Å². The molecule has 0 aromatic carbocycles. The number of hydrogen-bond donors (Lipinski definition) is 0. The third-order valence-corrected chi connectivity index (χ3v) is 5.92. The van der Waals surface area contributed by atoms with Crippen molar-refractivity contribution in [2.24, 2.45) is 0 Å². The molecule has 2 aliphatic rings. The van der Waals surface area contributed by atoms with Crippen molar-refractivity contribution in [3.8, 4) is 0 Å². The molecule has 27 heavy (non-hydrogen) atoms. The predicted molar refractivity (Wildman–Crippen MR) is 103 cm³/mol. The van der Waals surface area contributed by atoms with Gasteiger partial charge in [0.2, 0.25) is 0 Å². The van der Waals surface area contributed by atoms with E-state index in [9.17, 15) is 0 Å². The molecule has 2 saturated heterocycles. The molecular weight excluding hydrogens is 344 g/mol. The van der Waals surface area contributed by atoms with Crippen molar-refractivity contribution in [3.05, 3.63) is 29.3 Å². The Morgan fingerprint density at radius 2 is 1.56 bits per heavy atom. The van der Waals surface area contributed by atoms with Crippen LogP contribution >= 0.6 is 0 Å². The van der Waals surface area contributed by atoms with E-state index in [1.165, 1.54) is 0 Å². The Kier molecular flexibility index (Phi) is 5.21. The average molecular weight is 374 g/mol. The molecule has 2 unspecified atom stereocenters. The molecule has 0 spiro atoms. The fourth-order valence-corrected chi connectivity index (χ4v) is 4.27. The maximum absolute atomic E-state index is 5.29. The third kappa shape index (κ3) is 4.02. The van der Waals surface area contributed by atoms with Crippen LogP contribution in [0.3, 0.4) is 0 Å². The van der Waals surface area contributed by atoms with Crippen LogP contribution in [0.5, 0.6) is 0 Å². The topological polar surface area (TPSA) is 65.0 Å². The van der Waals surface area contributed by atoms with E-state index in [-0.39, 0.29) is 0 Å². The largest absolute Gasteiger partial charge is 0.361 e. The van der Waals surface area contributed by atoms with Crippen molar-refractivity contribution in [1.82, 2.24) is 25.0 Å². The predicted octanol–water partition coefficient (Wildman–Crippen LogP) is 1.22. The Labute approximate surface area is 160 Å². The van der Waals surface area contributed by atoms with Crippen LogP contribution in [0.25, 0.3) is 0 Å². The van der Waals surface area contributed by atoms with Crippen LogP contribution in [0, 0.1) is 13.8 Å². The van der Waals surface area contributed by atoms with Gasteiger partial charge in [-0.15, -0.1) is 0 Å². The lowest BCUT2D eigenvalue weighted by Crippen LogP contribution is -2.65. The van der Waals surface area contributed by atoms with E-state index in [2.05, 4.69) is 44.0 Å². The molecule has 2 fully saturated rings. The molecule has 148 valence electrons. The molecule has 0 saturated carbocycles. The monoisotopic (exact) mass is 374 g/mol. The van der Waals surface area contributed by atoms with E-state index in [1.54, 1.807) is 0 Å². The van der Waals surface area contributed by atoms with Crippen LogP contribution < -0.4 is 4.90 Å². The van der Waals surface area contributed by atoms with Crippen LogP contribution in [0.15, 0.2) is 21.2 Å². The van der Waals surface area contributed by atoms with Gasteiger partial charge in [-0.2, -0.15) is 0 Å². The van der Waals surface area contributed by atoms with Crippen molar-refractivity contribution in [3.63, 3.8) is 0 Å². The SMILES string of the molecule is Cc1cc(CN2CCN(C)C(C3CN(c4cc(C)on4)CCN3C)C2)no1. The van der Waals surface area contributed by atoms with Crippen LogP contribution in [-0.4, -0.2) is 90.5 Å². The number of hydrogen-bond acceptors (Lipinski definition) is 8. The molecule has 4 heterocycles. The normalized spacial score (nSPS) is 26.0. The molecule has 2 aromatic heterocycles. The minimum Gasteiger partial charge on any atom is -0.361 e. The first-order chi connectivity index (χ1) is 13.0. The van der Waals surface area contributed by atoms with Crippen LogP contribution in [-0.2, 0) is 6.54 Å². The van der Waals surface area contributed by atoms with Gasteiger partial charge in [-0.25, -0.2) is 0 Å². The summed E-state index contributed by atoms with van der Waals surface area (Å²) in [6.07, 6.45) is 0. The van der Waals surface area contributed by atoms with Crippen molar-refractivity contribution in [1.29, 1.82) is 0 Å². The number of nitrogens with zero attached hydrogens (tertiary/aromatic N) is 6. The highest BCUT2D eigenvalue weighted by Gasteiger charge is 2.37. The molecule has 2 aliphatic heterocycles. The summed E-state index contributed by atoms with van der Waals surface area (Å²) in [5.74, 6) is 2.70. The number of piperazine rings is 2. The molecule has 8 nitrogen and oxygen atoms in total. The molecule has 8 heteroatoms. The van der Waals surface area contributed by atoms with Gasteiger partial charge in [0.1, 0.15) is 11.5 Å². The average Bonchev–Trinajstić information content (AvgIpc) is 3.25. The van der Waals surface area contributed by atoms with Gasteiger partial charge in [0, 0.05) is 70.0 Å². The first-order valence-electron chi connectivity index (χ1n) is 9.73. The summed E-state index contributed by atoms with van der Waals surface area (Å²) >= 11 is 0. The number of aromatic nitrogens is 2. The van der Waals surface area contributed by atoms with Gasteiger partial charge < -0.3 is 13.9 Å². The summed E-state index contributed by atoms with van der Waals surface area (Å²) in [7, 11) is 4.49. The van der Waals surface area contributed by atoms with Gasteiger partial charge in [-0.3, -0.25) is 14.7 Å². The summed E-state index contributed by atoms with van der Waals surface area (Å²) in [4.78, 5) is 9.85.